The number of hydrogen-bond acceptors (Lipinski definition) is 3. The smallest absolute Gasteiger partial charge is 0.254 e. The van der Waals surface area contributed by atoms with Gasteiger partial charge in [-0.25, -0.2) is 12.8 Å². The molecule has 0 radical (unpaired) electrons. The van der Waals surface area contributed by atoms with Gasteiger partial charge in [-0.05, 0) is 68.0 Å². The zero-order valence-corrected chi connectivity index (χ0v) is 18.5. The predicted molar refractivity (Wildman–Crippen MR) is 118 cm³/mol. The van der Waals surface area contributed by atoms with Crippen LogP contribution in [-0.4, -0.2) is 49.2 Å². The fraction of sp³-hybridized carbons (Fsp3) is 0.458. The van der Waals surface area contributed by atoms with Crippen molar-refractivity contribution < 1.29 is 17.6 Å². The van der Waals surface area contributed by atoms with Crippen LogP contribution in [0.4, 0.5) is 4.39 Å². The summed E-state index contributed by atoms with van der Waals surface area (Å²) >= 11 is 0. The molecular formula is C24H29FN2O3S. The highest BCUT2D eigenvalue weighted by molar-refractivity contribution is 7.89. The lowest BCUT2D eigenvalue weighted by molar-refractivity contribution is 0.0683. The third-order valence-corrected chi connectivity index (χ3v) is 8.26. The van der Waals surface area contributed by atoms with Gasteiger partial charge < -0.3 is 4.90 Å². The van der Waals surface area contributed by atoms with E-state index in [4.69, 9.17) is 0 Å². The van der Waals surface area contributed by atoms with Crippen LogP contribution in [0, 0.1) is 5.82 Å². The molecule has 1 heterocycles. The van der Waals surface area contributed by atoms with Crippen LogP contribution in [-0.2, 0) is 16.4 Å². The first kappa shape index (κ1) is 22.0. The van der Waals surface area contributed by atoms with Gasteiger partial charge in [-0.2, -0.15) is 4.31 Å². The summed E-state index contributed by atoms with van der Waals surface area (Å²) in [4.78, 5) is 15.5. The Morgan fingerprint density at radius 3 is 2.35 bits per heavy atom. The maximum atomic E-state index is 13.5. The minimum Gasteiger partial charge on any atom is -0.335 e. The van der Waals surface area contributed by atoms with Gasteiger partial charge in [-0.1, -0.05) is 31.0 Å². The van der Waals surface area contributed by atoms with Crippen LogP contribution in [0.2, 0.25) is 0 Å². The molecule has 0 N–H and O–H groups in total. The Bertz CT molecular complexity index is 1010. The molecular weight excluding hydrogens is 415 g/mol. The maximum Gasteiger partial charge on any atom is 0.254 e. The molecule has 1 amide bonds. The van der Waals surface area contributed by atoms with Crippen LogP contribution in [0.3, 0.4) is 0 Å². The lowest BCUT2D eigenvalue weighted by atomic mass is 10.1. The Hall–Kier alpha value is -2.25. The van der Waals surface area contributed by atoms with Crippen LogP contribution in [0.25, 0.3) is 0 Å². The van der Waals surface area contributed by atoms with E-state index in [1.165, 1.54) is 22.5 Å². The van der Waals surface area contributed by atoms with Gasteiger partial charge in [0.15, 0.2) is 0 Å². The van der Waals surface area contributed by atoms with Gasteiger partial charge in [0.05, 0.1) is 4.90 Å². The summed E-state index contributed by atoms with van der Waals surface area (Å²) < 4.78 is 40.6. The lowest BCUT2D eigenvalue weighted by Crippen LogP contribution is -2.40. The third kappa shape index (κ3) is 4.99. The van der Waals surface area contributed by atoms with Crippen molar-refractivity contribution in [1.82, 2.24) is 9.21 Å². The molecule has 1 saturated heterocycles. The van der Waals surface area contributed by atoms with Crippen molar-refractivity contribution in [3.05, 3.63) is 65.5 Å². The molecule has 166 valence electrons. The third-order valence-electron chi connectivity index (χ3n) is 6.36. The minimum absolute atomic E-state index is 0.132. The summed E-state index contributed by atoms with van der Waals surface area (Å²) in [6, 6.07) is 13.0. The Balaban J connectivity index is 1.55. The van der Waals surface area contributed by atoms with Crippen molar-refractivity contribution in [2.75, 3.05) is 19.6 Å². The molecule has 2 aromatic carbocycles. The molecule has 1 aliphatic carbocycles. The molecule has 0 bridgehead atoms. The number of rotatable bonds is 7. The van der Waals surface area contributed by atoms with Crippen molar-refractivity contribution in [2.45, 2.75) is 55.9 Å². The molecule has 7 heteroatoms. The van der Waals surface area contributed by atoms with E-state index >= 15 is 0 Å². The molecule has 1 aliphatic heterocycles. The number of sulfonamides is 1. The molecule has 2 fully saturated rings. The average Bonchev–Trinajstić information content (AvgIpc) is 3.50. The van der Waals surface area contributed by atoms with Crippen molar-refractivity contribution in [2.24, 2.45) is 0 Å². The van der Waals surface area contributed by atoms with E-state index in [1.54, 1.807) is 30.3 Å². The van der Waals surface area contributed by atoms with Crippen molar-refractivity contribution in [1.29, 1.82) is 0 Å². The van der Waals surface area contributed by atoms with Crippen LogP contribution < -0.4 is 0 Å². The van der Waals surface area contributed by atoms with E-state index in [1.807, 2.05) is 4.90 Å². The Kier molecular flexibility index (Phi) is 6.72. The zero-order chi connectivity index (χ0) is 21.8. The first-order valence-electron chi connectivity index (χ1n) is 11.1. The monoisotopic (exact) mass is 444 g/mol. The predicted octanol–water partition coefficient (Wildman–Crippen LogP) is 4.24. The largest absolute Gasteiger partial charge is 0.335 e. The molecule has 2 aromatic rings. The second kappa shape index (κ2) is 9.49. The minimum atomic E-state index is -3.57. The van der Waals surface area contributed by atoms with Crippen LogP contribution in [0.5, 0.6) is 0 Å². The maximum absolute atomic E-state index is 13.5. The van der Waals surface area contributed by atoms with E-state index in [-0.39, 0.29) is 22.7 Å². The van der Waals surface area contributed by atoms with E-state index in [0.717, 1.165) is 44.1 Å². The molecule has 0 aromatic heterocycles. The highest BCUT2D eigenvalue weighted by atomic mass is 32.2. The summed E-state index contributed by atoms with van der Waals surface area (Å²) in [6.45, 7) is 1.59. The number of benzene rings is 2. The summed E-state index contributed by atoms with van der Waals surface area (Å²) in [7, 11) is -3.57. The fourth-order valence-electron chi connectivity index (χ4n) is 4.60. The molecule has 4 rings (SSSR count). The summed E-state index contributed by atoms with van der Waals surface area (Å²) in [5.41, 5.74) is 1.38. The van der Waals surface area contributed by atoms with Crippen LogP contribution >= 0.6 is 0 Å². The lowest BCUT2D eigenvalue weighted by Gasteiger charge is -2.29. The van der Waals surface area contributed by atoms with E-state index in [0.29, 0.717) is 31.6 Å². The van der Waals surface area contributed by atoms with Gasteiger partial charge in [0, 0.05) is 31.2 Å². The SMILES string of the molecule is O=C(c1cccc(S(=O)(=O)N2CCCC2)c1)N(CCc1ccc(F)cc1)C1CCCC1. The highest BCUT2D eigenvalue weighted by Crippen LogP contribution is 2.27. The van der Waals surface area contributed by atoms with E-state index in [9.17, 15) is 17.6 Å². The van der Waals surface area contributed by atoms with Crippen molar-refractivity contribution in [3.8, 4) is 0 Å². The fourth-order valence-corrected chi connectivity index (χ4v) is 6.16. The first-order chi connectivity index (χ1) is 14.9. The summed E-state index contributed by atoms with van der Waals surface area (Å²) in [6.07, 6.45) is 6.48. The standard InChI is InChI=1S/C24H29FN2O3S/c25-21-12-10-19(11-13-21)14-17-27(22-7-1-2-8-22)24(28)20-6-5-9-23(18-20)31(29,30)26-15-3-4-16-26/h5-6,9-13,18,22H,1-4,7-8,14-17H2. The molecule has 5 nitrogen and oxygen atoms in total. The topological polar surface area (TPSA) is 57.7 Å². The number of amides is 1. The molecule has 31 heavy (non-hydrogen) atoms. The number of carbonyl (C=O) groups excluding carboxylic acids is 1. The van der Waals surface area contributed by atoms with Gasteiger partial charge in [0.1, 0.15) is 5.82 Å². The second-order valence-electron chi connectivity index (χ2n) is 8.45. The number of carbonyl (C=O) groups is 1. The Morgan fingerprint density at radius 1 is 1.00 bits per heavy atom. The zero-order valence-electron chi connectivity index (χ0n) is 17.7. The first-order valence-corrected chi connectivity index (χ1v) is 12.5. The number of nitrogens with zero attached hydrogens (tertiary/aromatic N) is 2. The van der Waals surface area contributed by atoms with Gasteiger partial charge in [0.2, 0.25) is 10.0 Å². The number of halogens is 1. The summed E-state index contributed by atoms with van der Waals surface area (Å²) in [5.74, 6) is -0.406. The summed E-state index contributed by atoms with van der Waals surface area (Å²) in [5, 5.41) is 0. The van der Waals surface area contributed by atoms with Gasteiger partial charge in [-0.3, -0.25) is 4.79 Å². The molecule has 1 saturated carbocycles. The molecule has 0 unspecified atom stereocenters. The second-order valence-corrected chi connectivity index (χ2v) is 10.4. The van der Waals surface area contributed by atoms with Gasteiger partial charge in [0.25, 0.3) is 5.91 Å². The highest BCUT2D eigenvalue weighted by Gasteiger charge is 2.30. The Morgan fingerprint density at radius 2 is 1.68 bits per heavy atom. The van der Waals surface area contributed by atoms with E-state index in [2.05, 4.69) is 0 Å². The molecule has 0 atom stereocenters. The van der Waals surface area contributed by atoms with Crippen molar-refractivity contribution >= 4 is 15.9 Å². The van der Waals surface area contributed by atoms with E-state index < -0.39 is 10.0 Å². The van der Waals surface area contributed by atoms with Gasteiger partial charge >= 0.3 is 0 Å². The number of hydrogen-bond donors (Lipinski definition) is 0. The average molecular weight is 445 g/mol. The van der Waals surface area contributed by atoms with Crippen LogP contribution in [0.15, 0.2) is 53.4 Å². The van der Waals surface area contributed by atoms with Crippen LogP contribution in [0.1, 0.15) is 54.4 Å². The van der Waals surface area contributed by atoms with Crippen molar-refractivity contribution in [3.63, 3.8) is 0 Å². The Labute approximate surface area is 183 Å². The molecule has 2 aliphatic rings. The quantitative estimate of drug-likeness (QED) is 0.642. The normalized spacial score (nSPS) is 17.8. The molecule has 0 spiro atoms. The van der Waals surface area contributed by atoms with Gasteiger partial charge in [-0.15, -0.1) is 0 Å².